The Balaban J connectivity index is 1.79. The minimum Gasteiger partial charge on any atom is -0.508 e. The number of nitrogens with one attached hydrogen (secondary N) is 5. The molecule has 2 aromatic carbocycles. The van der Waals surface area contributed by atoms with Crippen LogP contribution in [0.2, 0.25) is 0 Å². The van der Waals surface area contributed by atoms with Gasteiger partial charge in [-0.3, -0.25) is 38.4 Å². The average molecular weight is 963 g/mol. The summed E-state index contributed by atoms with van der Waals surface area (Å²) in [7, 11) is 1.44. The van der Waals surface area contributed by atoms with Gasteiger partial charge < -0.3 is 57.1 Å². The maximum absolute atomic E-state index is 14.6. The van der Waals surface area contributed by atoms with Gasteiger partial charge in [0.25, 0.3) is 0 Å². The number of nitrogens with zero attached hydrogens (tertiary/aromatic N) is 2. The Morgan fingerprint density at radius 1 is 0.797 bits per heavy atom. The Labute approximate surface area is 403 Å². The van der Waals surface area contributed by atoms with E-state index in [1.807, 2.05) is 27.7 Å². The van der Waals surface area contributed by atoms with Crippen LogP contribution in [0.1, 0.15) is 91.7 Å². The average Bonchev–Trinajstić information content (AvgIpc) is 3.78. The summed E-state index contributed by atoms with van der Waals surface area (Å²) in [5, 5.41) is 33.4. The molecule has 0 radical (unpaired) electrons. The fourth-order valence-corrected chi connectivity index (χ4v) is 8.41. The molecule has 69 heavy (non-hydrogen) atoms. The maximum atomic E-state index is 14.6. The van der Waals surface area contributed by atoms with Crippen LogP contribution in [0, 0.1) is 17.8 Å². The van der Waals surface area contributed by atoms with Gasteiger partial charge in [0, 0.05) is 26.4 Å². The molecule has 2 saturated heterocycles. The summed E-state index contributed by atoms with van der Waals surface area (Å²) in [6.07, 6.45) is -3.40. The highest BCUT2D eigenvalue weighted by molar-refractivity contribution is 5.99. The van der Waals surface area contributed by atoms with Crippen molar-refractivity contribution in [2.24, 2.45) is 23.5 Å². The number of primary amides is 1. The molecule has 0 aliphatic carbocycles. The summed E-state index contributed by atoms with van der Waals surface area (Å²) >= 11 is 0. The van der Waals surface area contributed by atoms with E-state index in [9.17, 15) is 53.4 Å². The lowest BCUT2D eigenvalue weighted by molar-refractivity contribution is -0.157. The number of rotatable bonds is 15. The number of fused-ring (bicyclic) bond motifs is 1. The van der Waals surface area contributed by atoms with Gasteiger partial charge in [-0.1, -0.05) is 84.0 Å². The van der Waals surface area contributed by atoms with Crippen LogP contribution in [0.3, 0.4) is 0 Å². The zero-order chi connectivity index (χ0) is 51.3. The van der Waals surface area contributed by atoms with Crippen LogP contribution in [0.15, 0.2) is 54.6 Å². The van der Waals surface area contributed by atoms with Gasteiger partial charge in [-0.25, -0.2) is 4.79 Å². The summed E-state index contributed by atoms with van der Waals surface area (Å²) in [5.74, 6) is -8.81. The highest BCUT2D eigenvalue weighted by Crippen LogP contribution is 2.23. The van der Waals surface area contributed by atoms with E-state index < -0.39 is 120 Å². The highest BCUT2D eigenvalue weighted by Gasteiger charge is 2.43. The van der Waals surface area contributed by atoms with Crippen LogP contribution in [-0.4, -0.2) is 141 Å². The van der Waals surface area contributed by atoms with Gasteiger partial charge in [-0.2, -0.15) is 0 Å². The number of cyclic esters (lactones) is 1. The lowest BCUT2D eigenvalue weighted by Crippen LogP contribution is -2.62. The number of ether oxygens (including phenoxy) is 1. The van der Waals surface area contributed by atoms with Gasteiger partial charge in [-0.05, 0) is 73.6 Å². The van der Waals surface area contributed by atoms with Gasteiger partial charge in [-0.15, -0.1) is 0 Å². The molecule has 2 fully saturated rings. The van der Waals surface area contributed by atoms with Crippen molar-refractivity contribution in [1.82, 2.24) is 36.4 Å². The molecule has 2 heterocycles. The lowest BCUT2D eigenvalue weighted by Gasteiger charge is -2.34. The van der Waals surface area contributed by atoms with Gasteiger partial charge in [0.1, 0.15) is 60.3 Å². The summed E-state index contributed by atoms with van der Waals surface area (Å²) in [6.45, 7) is 12.1. The fourth-order valence-electron chi connectivity index (χ4n) is 8.41. The zero-order valence-electron chi connectivity index (χ0n) is 40.7. The molecule has 4 rings (SSSR count). The van der Waals surface area contributed by atoms with Crippen LogP contribution in [0.4, 0.5) is 0 Å². The molecular weight excluding hydrogens is 893 g/mol. The SMILES string of the molecule is CC(C)C[C@@H]1NC(=O)[C@@H]2CCCN2C(=O)[C@H](CC(C)C)NC(=O)[C@@H](NC(=O)[C@H](CC(N)=O)NC(=O)[C@H](O)Cc2ccc(O)cc2)[C@@H](C)OC(=O)[C@H](C(C)C)NC(=O)[C@H](Cc2ccccc2)N(C)C1=O. The smallest absolute Gasteiger partial charge is 0.329 e. The molecule has 20 nitrogen and oxygen atoms in total. The summed E-state index contributed by atoms with van der Waals surface area (Å²) in [5.41, 5.74) is 6.62. The number of benzene rings is 2. The second-order valence-corrected chi connectivity index (χ2v) is 19.2. The molecule has 9 atom stereocenters. The third-order valence-electron chi connectivity index (χ3n) is 12.1. The van der Waals surface area contributed by atoms with E-state index in [0.717, 1.165) is 0 Å². The Hall–Kier alpha value is -6.57. The van der Waals surface area contributed by atoms with Gasteiger partial charge in [0.15, 0.2) is 0 Å². The number of aliphatic hydroxyl groups is 1. The van der Waals surface area contributed by atoms with Crippen LogP contribution in [-0.2, 0) is 60.7 Å². The van der Waals surface area contributed by atoms with Crippen molar-refractivity contribution in [2.45, 2.75) is 148 Å². The van der Waals surface area contributed by atoms with Crippen molar-refractivity contribution in [3.63, 3.8) is 0 Å². The topological polar surface area (TPSA) is 296 Å². The molecule has 20 heteroatoms. The number of phenols is 1. The molecule has 0 unspecified atom stereocenters. The first-order chi connectivity index (χ1) is 32.5. The number of hydrogen-bond acceptors (Lipinski definition) is 12. The molecule has 8 amide bonds. The molecule has 0 aromatic heterocycles. The number of amides is 8. The van der Waals surface area contributed by atoms with Crippen molar-refractivity contribution in [3.8, 4) is 5.75 Å². The Kier molecular flexibility index (Phi) is 20.1. The molecule has 2 aliphatic rings. The van der Waals surface area contributed by atoms with Crippen LogP contribution in [0.25, 0.3) is 0 Å². The quantitative estimate of drug-likeness (QED) is 0.112. The first-order valence-electron chi connectivity index (χ1n) is 23.5. The monoisotopic (exact) mass is 963 g/mol. The number of aliphatic hydroxyl groups excluding tert-OH is 1. The third-order valence-corrected chi connectivity index (χ3v) is 12.1. The second kappa shape index (κ2) is 25.2. The minimum absolute atomic E-state index is 0.0147. The predicted molar refractivity (Wildman–Crippen MR) is 252 cm³/mol. The van der Waals surface area contributed by atoms with Crippen LogP contribution < -0.4 is 32.3 Å². The highest BCUT2D eigenvalue weighted by atomic mass is 16.5. The summed E-state index contributed by atoms with van der Waals surface area (Å²) in [6, 6.07) is 4.93. The number of aromatic hydroxyl groups is 1. The van der Waals surface area contributed by atoms with Crippen molar-refractivity contribution < 1.29 is 58.1 Å². The lowest BCUT2D eigenvalue weighted by atomic mass is 9.98. The van der Waals surface area contributed by atoms with E-state index in [4.69, 9.17) is 10.5 Å². The van der Waals surface area contributed by atoms with E-state index in [2.05, 4.69) is 26.6 Å². The molecular formula is C49H70N8O12. The number of carbonyl (C=O) groups excluding carboxylic acids is 9. The number of carbonyl (C=O) groups is 9. The first-order valence-corrected chi connectivity index (χ1v) is 23.5. The van der Waals surface area contributed by atoms with E-state index in [-0.39, 0.29) is 56.2 Å². The zero-order valence-corrected chi connectivity index (χ0v) is 40.7. The van der Waals surface area contributed by atoms with Gasteiger partial charge in [0.05, 0.1) is 6.42 Å². The van der Waals surface area contributed by atoms with Crippen molar-refractivity contribution in [3.05, 3.63) is 65.7 Å². The van der Waals surface area contributed by atoms with Gasteiger partial charge in [0.2, 0.25) is 47.3 Å². The molecule has 0 bridgehead atoms. The number of phenolic OH excluding ortho intramolecular Hbond substituents is 1. The summed E-state index contributed by atoms with van der Waals surface area (Å²) < 4.78 is 5.87. The standard InChI is InChI=1S/C49H70N8O12/c1-26(2)21-34-47(66)56(8)37(23-30-13-10-9-11-14-30)44(63)54-40(28(5)6)49(68)69-29(7)41(46(65)53-35(22-27(3)4)48(67)57-20-12-15-36(57)43(62)52-34)55-42(61)33(25-39(50)60)51-45(64)38(59)24-31-16-18-32(58)19-17-31/h9-11,13-14,16-19,26-29,33-38,40-41,58-59H,12,15,20-25H2,1-8H3,(H2,50,60)(H,51,64)(H,52,62)(H,53,65)(H,54,63)(H,55,61)/t29-,33+,34+,35+,36+,37+,38-,40+,41+/m1/s1. The van der Waals surface area contributed by atoms with E-state index in [1.54, 1.807) is 44.2 Å². The number of likely N-dealkylation sites (N-methyl/N-ethyl adjacent to an activating group) is 1. The van der Waals surface area contributed by atoms with E-state index >= 15 is 0 Å². The van der Waals surface area contributed by atoms with Crippen molar-refractivity contribution in [2.75, 3.05) is 13.6 Å². The third kappa shape index (κ3) is 15.7. The van der Waals surface area contributed by atoms with E-state index in [0.29, 0.717) is 17.5 Å². The first kappa shape index (κ1) is 55.0. The predicted octanol–water partition coefficient (Wildman–Crippen LogP) is 0.349. The second-order valence-electron chi connectivity index (χ2n) is 19.2. The van der Waals surface area contributed by atoms with Crippen LogP contribution >= 0.6 is 0 Å². The number of hydrogen-bond donors (Lipinski definition) is 8. The molecule has 0 spiro atoms. The van der Waals surface area contributed by atoms with Crippen LogP contribution in [0.5, 0.6) is 5.75 Å². The maximum Gasteiger partial charge on any atom is 0.329 e. The Bertz CT molecular complexity index is 2150. The molecule has 378 valence electrons. The van der Waals surface area contributed by atoms with Crippen molar-refractivity contribution >= 4 is 53.2 Å². The van der Waals surface area contributed by atoms with E-state index in [1.165, 1.54) is 48.0 Å². The van der Waals surface area contributed by atoms with Gasteiger partial charge >= 0.3 is 5.97 Å². The number of esters is 1. The molecule has 9 N–H and O–H groups in total. The largest absolute Gasteiger partial charge is 0.508 e. The molecule has 0 saturated carbocycles. The fraction of sp³-hybridized carbons (Fsp3) is 0.571. The molecule has 2 aromatic rings. The Morgan fingerprint density at radius 3 is 1.97 bits per heavy atom. The minimum atomic E-state index is -1.83. The number of nitrogens with two attached hydrogens (primary N) is 1. The summed E-state index contributed by atoms with van der Waals surface area (Å²) in [4.78, 5) is 129. The normalized spacial score (nSPS) is 24.3. The molecule has 2 aliphatic heterocycles. The Morgan fingerprint density at radius 2 is 1.39 bits per heavy atom. The van der Waals surface area contributed by atoms with Crippen molar-refractivity contribution in [1.29, 1.82) is 0 Å².